The average molecular weight is 282 g/mol. The van der Waals surface area contributed by atoms with E-state index in [1.54, 1.807) is 6.07 Å². The van der Waals surface area contributed by atoms with Crippen molar-refractivity contribution in [3.05, 3.63) is 32.9 Å². The van der Waals surface area contributed by atoms with Crippen LogP contribution < -0.4 is 0 Å². The van der Waals surface area contributed by atoms with E-state index in [1.807, 2.05) is 36.4 Å². The highest BCUT2D eigenvalue weighted by Gasteiger charge is 2.14. The molecule has 3 heteroatoms. The van der Waals surface area contributed by atoms with Crippen molar-refractivity contribution in [3.8, 4) is 0 Å². The van der Waals surface area contributed by atoms with Crippen molar-refractivity contribution in [3.63, 3.8) is 0 Å². The summed E-state index contributed by atoms with van der Waals surface area (Å²) >= 11 is 2.01. The quantitative estimate of drug-likeness (QED) is 0.544. The third kappa shape index (κ3) is 1.76. The minimum Gasteiger partial charge on any atom is -0.204 e. The van der Waals surface area contributed by atoms with Gasteiger partial charge in [-0.15, -0.1) is 0 Å². The van der Waals surface area contributed by atoms with E-state index in [-0.39, 0.29) is 5.92 Å². The third-order valence-electron chi connectivity index (χ3n) is 1.66. The molecule has 0 nitrogen and oxygen atoms in total. The van der Waals surface area contributed by atoms with Gasteiger partial charge in [0.15, 0.2) is 11.6 Å². The summed E-state index contributed by atoms with van der Waals surface area (Å²) in [5.41, 5.74) is 0.468. The number of halogens is 3. The second-order valence-corrected chi connectivity index (χ2v) is 4.07. The van der Waals surface area contributed by atoms with Crippen LogP contribution in [0.4, 0.5) is 8.78 Å². The summed E-state index contributed by atoms with van der Waals surface area (Å²) in [5, 5.41) is 0. The summed E-state index contributed by atoms with van der Waals surface area (Å²) in [7, 11) is 0. The van der Waals surface area contributed by atoms with Gasteiger partial charge >= 0.3 is 0 Å². The van der Waals surface area contributed by atoms with E-state index in [1.165, 1.54) is 0 Å². The van der Waals surface area contributed by atoms with E-state index in [0.717, 1.165) is 9.64 Å². The first-order valence-electron chi connectivity index (χ1n) is 3.67. The van der Waals surface area contributed by atoms with Crippen LogP contribution in [-0.2, 0) is 0 Å². The van der Waals surface area contributed by atoms with E-state index in [9.17, 15) is 8.78 Å². The van der Waals surface area contributed by atoms with Crippen LogP contribution in [0.1, 0.15) is 25.3 Å². The lowest BCUT2D eigenvalue weighted by Gasteiger charge is -2.09. The molecule has 0 aliphatic rings. The zero-order valence-corrected chi connectivity index (χ0v) is 9.02. The highest BCUT2D eigenvalue weighted by molar-refractivity contribution is 14.1. The van der Waals surface area contributed by atoms with E-state index >= 15 is 0 Å². The monoisotopic (exact) mass is 282 g/mol. The molecule has 0 radical (unpaired) electrons. The maximum Gasteiger partial charge on any atom is 0.163 e. The van der Waals surface area contributed by atoms with Crippen molar-refractivity contribution in [2.45, 2.75) is 19.8 Å². The number of rotatable bonds is 1. The van der Waals surface area contributed by atoms with Gasteiger partial charge < -0.3 is 0 Å². The van der Waals surface area contributed by atoms with Gasteiger partial charge in [0, 0.05) is 9.13 Å². The molecule has 0 atom stereocenters. The molecule has 1 aromatic rings. The molecule has 0 saturated heterocycles. The van der Waals surface area contributed by atoms with Gasteiger partial charge in [-0.05, 0) is 40.6 Å². The van der Waals surface area contributed by atoms with Gasteiger partial charge in [-0.2, -0.15) is 0 Å². The Morgan fingerprint density at radius 1 is 1.25 bits per heavy atom. The van der Waals surface area contributed by atoms with Crippen molar-refractivity contribution in [1.29, 1.82) is 0 Å². The smallest absolute Gasteiger partial charge is 0.163 e. The predicted molar refractivity (Wildman–Crippen MR) is 53.2 cm³/mol. The first-order chi connectivity index (χ1) is 5.54. The van der Waals surface area contributed by atoms with Gasteiger partial charge in [0.25, 0.3) is 0 Å². The number of hydrogen-bond donors (Lipinski definition) is 0. The standard InChI is InChI=1S/C9H9F2I/c1-5(2)8-7(12)4-3-6(10)9(8)11/h3-5H,1-2H3. The summed E-state index contributed by atoms with van der Waals surface area (Å²) in [6.45, 7) is 3.69. The highest BCUT2D eigenvalue weighted by Crippen LogP contribution is 2.25. The lowest BCUT2D eigenvalue weighted by molar-refractivity contribution is 0.492. The Kier molecular flexibility index (Phi) is 3.04. The maximum atomic E-state index is 13.1. The fourth-order valence-electron chi connectivity index (χ4n) is 1.07. The Balaban J connectivity index is 3.33. The molecule has 0 heterocycles. The van der Waals surface area contributed by atoms with Gasteiger partial charge in [-0.3, -0.25) is 0 Å². The fourth-order valence-corrected chi connectivity index (χ4v) is 2.11. The molecule has 0 bridgehead atoms. The molecule has 0 amide bonds. The normalized spacial score (nSPS) is 10.8. The molecule has 12 heavy (non-hydrogen) atoms. The molecule has 0 unspecified atom stereocenters. The summed E-state index contributed by atoms with van der Waals surface area (Å²) in [4.78, 5) is 0. The van der Waals surface area contributed by atoms with E-state index in [2.05, 4.69) is 0 Å². The first kappa shape index (κ1) is 9.89. The van der Waals surface area contributed by atoms with Crippen molar-refractivity contribution >= 4 is 22.6 Å². The Hall–Kier alpha value is -0.190. The molecule has 1 aromatic carbocycles. The summed E-state index contributed by atoms with van der Waals surface area (Å²) in [6.07, 6.45) is 0. The number of hydrogen-bond acceptors (Lipinski definition) is 0. The van der Waals surface area contributed by atoms with Gasteiger partial charge in [-0.25, -0.2) is 8.78 Å². The molecule has 0 fully saturated rings. The fraction of sp³-hybridized carbons (Fsp3) is 0.333. The van der Waals surface area contributed by atoms with E-state index < -0.39 is 11.6 Å². The topological polar surface area (TPSA) is 0 Å². The van der Waals surface area contributed by atoms with Crippen molar-refractivity contribution in [2.75, 3.05) is 0 Å². The van der Waals surface area contributed by atoms with Gasteiger partial charge in [-0.1, -0.05) is 13.8 Å². The van der Waals surface area contributed by atoms with E-state index in [4.69, 9.17) is 0 Å². The zero-order chi connectivity index (χ0) is 9.30. The predicted octanol–water partition coefficient (Wildman–Crippen LogP) is 3.69. The van der Waals surface area contributed by atoms with Crippen LogP contribution in [-0.4, -0.2) is 0 Å². The van der Waals surface area contributed by atoms with Crippen LogP contribution in [0, 0.1) is 15.2 Å². The maximum absolute atomic E-state index is 13.1. The Morgan fingerprint density at radius 2 is 1.83 bits per heavy atom. The molecule has 0 aromatic heterocycles. The Bertz CT molecular complexity index is 295. The molecule has 0 N–H and O–H groups in total. The molecule has 66 valence electrons. The lowest BCUT2D eigenvalue weighted by atomic mass is 10.0. The van der Waals surface area contributed by atoms with E-state index in [0.29, 0.717) is 5.56 Å². The van der Waals surface area contributed by atoms with Crippen LogP contribution in [0.5, 0.6) is 0 Å². The van der Waals surface area contributed by atoms with Crippen LogP contribution in [0.3, 0.4) is 0 Å². The number of benzene rings is 1. The van der Waals surface area contributed by atoms with Crippen molar-refractivity contribution in [1.82, 2.24) is 0 Å². The average Bonchev–Trinajstić information content (AvgIpc) is 1.97. The molecular weight excluding hydrogens is 273 g/mol. The Labute approximate surface area is 84.1 Å². The molecule has 0 saturated carbocycles. The highest BCUT2D eigenvalue weighted by atomic mass is 127. The summed E-state index contributed by atoms with van der Waals surface area (Å²) in [5.74, 6) is -1.45. The van der Waals surface area contributed by atoms with Crippen molar-refractivity contribution in [2.24, 2.45) is 0 Å². The lowest BCUT2D eigenvalue weighted by Crippen LogP contribution is -1.99. The second-order valence-electron chi connectivity index (χ2n) is 2.91. The van der Waals surface area contributed by atoms with Gasteiger partial charge in [0.2, 0.25) is 0 Å². The van der Waals surface area contributed by atoms with Crippen molar-refractivity contribution < 1.29 is 8.78 Å². The SMILES string of the molecule is CC(C)c1c(I)ccc(F)c1F. The minimum absolute atomic E-state index is 0.0209. The van der Waals surface area contributed by atoms with Gasteiger partial charge in [0.1, 0.15) is 0 Å². The summed E-state index contributed by atoms with van der Waals surface area (Å²) < 4.78 is 26.7. The van der Waals surface area contributed by atoms with Gasteiger partial charge in [0.05, 0.1) is 0 Å². The molecule has 0 aliphatic carbocycles. The molecular formula is C9H9F2I. The Morgan fingerprint density at radius 3 is 2.25 bits per heavy atom. The molecule has 1 rings (SSSR count). The van der Waals surface area contributed by atoms with Crippen LogP contribution >= 0.6 is 22.6 Å². The van der Waals surface area contributed by atoms with Crippen LogP contribution in [0.15, 0.2) is 12.1 Å². The summed E-state index contributed by atoms with van der Waals surface area (Å²) in [6, 6.07) is 2.75. The minimum atomic E-state index is -0.765. The van der Waals surface area contributed by atoms with Crippen LogP contribution in [0.2, 0.25) is 0 Å². The molecule has 0 spiro atoms. The van der Waals surface area contributed by atoms with Crippen LogP contribution in [0.25, 0.3) is 0 Å². The second kappa shape index (κ2) is 3.68. The molecule has 0 aliphatic heterocycles. The largest absolute Gasteiger partial charge is 0.204 e. The third-order valence-corrected chi connectivity index (χ3v) is 2.60. The first-order valence-corrected chi connectivity index (χ1v) is 4.75. The zero-order valence-electron chi connectivity index (χ0n) is 6.87.